The van der Waals surface area contributed by atoms with E-state index in [0.717, 1.165) is 10.1 Å². The molecule has 4 N–H and O–H groups in total. The minimum atomic E-state index is -4.48. The number of anilines is 1. The number of alkyl halides is 3. The molecule has 0 aliphatic carbocycles. The van der Waals surface area contributed by atoms with Crippen LogP contribution in [0.4, 0.5) is 18.9 Å². The third-order valence-corrected chi connectivity index (χ3v) is 3.86. The maximum absolute atomic E-state index is 12.8. The van der Waals surface area contributed by atoms with Crippen molar-refractivity contribution in [3.8, 4) is 0 Å². The number of aromatic carboxylic acids is 1. The quantitative estimate of drug-likeness (QED) is 0.558. The van der Waals surface area contributed by atoms with Gasteiger partial charge in [-0.3, -0.25) is 0 Å². The van der Waals surface area contributed by atoms with E-state index in [4.69, 9.17) is 5.73 Å². The van der Waals surface area contributed by atoms with Gasteiger partial charge in [0.15, 0.2) is 5.96 Å². The molecule has 1 aromatic carbocycles. The maximum Gasteiger partial charge on any atom is 0.406 e. The van der Waals surface area contributed by atoms with Gasteiger partial charge in [-0.1, -0.05) is 30.3 Å². The number of nitrogens with two attached hydrogens (primary N) is 1. The van der Waals surface area contributed by atoms with Crippen LogP contribution in [0.1, 0.15) is 27.3 Å². The minimum absolute atomic E-state index is 0.00793. The van der Waals surface area contributed by atoms with E-state index in [-0.39, 0.29) is 35.1 Å². The molecule has 1 heterocycles. The Bertz CT molecular complexity index is 827. The molecule has 2 aromatic rings. The molecule has 6 nitrogen and oxygen atoms in total. The second-order valence-electron chi connectivity index (χ2n) is 5.74. The normalized spacial score (nSPS) is 12.3. The molecule has 140 valence electrons. The smallest absolute Gasteiger partial charge is 0.406 e. The minimum Gasteiger partial charge on any atom is -0.478 e. The molecule has 0 unspecified atom stereocenters. The zero-order valence-electron chi connectivity index (χ0n) is 14.3. The SMILES string of the molecule is Cc1c(NC(N)=NCc2ccccc2)c(C(=O)O)c(C)n1CC(F)(F)F. The van der Waals surface area contributed by atoms with Gasteiger partial charge >= 0.3 is 12.1 Å². The van der Waals surface area contributed by atoms with Crippen LogP contribution in [0.25, 0.3) is 0 Å². The van der Waals surface area contributed by atoms with Crippen LogP contribution in [0, 0.1) is 13.8 Å². The molecule has 0 fully saturated rings. The topological polar surface area (TPSA) is 92.6 Å². The Labute approximate surface area is 148 Å². The van der Waals surface area contributed by atoms with Crippen molar-refractivity contribution in [2.45, 2.75) is 33.1 Å². The number of carboxylic acid groups (broad SMARTS) is 1. The molecule has 0 saturated heterocycles. The summed E-state index contributed by atoms with van der Waals surface area (Å²) in [6.45, 7) is 1.69. The molecule has 0 saturated carbocycles. The third kappa shape index (κ3) is 4.56. The van der Waals surface area contributed by atoms with Gasteiger partial charge in [-0.15, -0.1) is 0 Å². The summed E-state index contributed by atoms with van der Waals surface area (Å²) in [7, 11) is 0. The molecule has 0 aliphatic heterocycles. The number of benzene rings is 1. The number of carbonyl (C=O) groups is 1. The van der Waals surface area contributed by atoms with Gasteiger partial charge in [-0.25, -0.2) is 9.79 Å². The first-order chi connectivity index (χ1) is 12.1. The summed E-state index contributed by atoms with van der Waals surface area (Å²) < 4.78 is 39.2. The highest BCUT2D eigenvalue weighted by atomic mass is 19.4. The van der Waals surface area contributed by atoms with Crippen molar-refractivity contribution in [2.75, 3.05) is 5.32 Å². The highest BCUT2D eigenvalue weighted by Gasteiger charge is 2.32. The molecular formula is C17H19F3N4O2. The largest absolute Gasteiger partial charge is 0.478 e. The molecular weight excluding hydrogens is 349 g/mol. The van der Waals surface area contributed by atoms with Gasteiger partial charge in [-0.05, 0) is 19.4 Å². The Morgan fingerprint density at radius 2 is 1.85 bits per heavy atom. The van der Waals surface area contributed by atoms with E-state index in [0.29, 0.717) is 0 Å². The number of halogens is 3. The number of aliphatic imine (C=N–C) groups is 1. The average molecular weight is 368 g/mol. The van der Waals surface area contributed by atoms with Crippen molar-refractivity contribution in [1.82, 2.24) is 4.57 Å². The van der Waals surface area contributed by atoms with Gasteiger partial charge in [0.05, 0.1) is 12.2 Å². The zero-order valence-corrected chi connectivity index (χ0v) is 14.3. The van der Waals surface area contributed by atoms with Gasteiger partial charge in [-0.2, -0.15) is 13.2 Å². The van der Waals surface area contributed by atoms with Gasteiger partial charge in [0.1, 0.15) is 12.1 Å². The van der Waals surface area contributed by atoms with Gasteiger partial charge < -0.3 is 20.7 Å². The summed E-state index contributed by atoms with van der Waals surface area (Å²) in [6.07, 6.45) is -4.48. The third-order valence-electron chi connectivity index (χ3n) is 3.86. The molecule has 1 aromatic heterocycles. The summed E-state index contributed by atoms with van der Waals surface area (Å²) in [5.74, 6) is -1.42. The van der Waals surface area contributed by atoms with Crippen LogP contribution in [0.3, 0.4) is 0 Å². The number of hydrogen-bond donors (Lipinski definition) is 3. The lowest BCUT2D eigenvalue weighted by Crippen LogP contribution is -2.24. The van der Waals surface area contributed by atoms with Crippen molar-refractivity contribution >= 4 is 17.6 Å². The number of guanidine groups is 1. The van der Waals surface area contributed by atoms with E-state index < -0.39 is 18.7 Å². The van der Waals surface area contributed by atoms with Crippen LogP contribution in [-0.2, 0) is 13.1 Å². The van der Waals surface area contributed by atoms with E-state index in [9.17, 15) is 23.1 Å². The second kappa shape index (κ2) is 7.51. The van der Waals surface area contributed by atoms with Gasteiger partial charge in [0.2, 0.25) is 0 Å². The molecule has 0 atom stereocenters. The summed E-state index contributed by atoms with van der Waals surface area (Å²) >= 11 is 0. The fourth-order valence-electron chi connectivity index (χ4n) is 2.64. The molecule has 9 heteroatoms. The summed E-state index contributed by atoms with van der Waals surface area (Å²) in [6, 6.07) is 9.20. The Hall–Kier alpha value is -2.97. The lowest BCUT2D eigenvalue weighted by Gasteiger charge is -2.12. The Morgan fingerprint density at radius 3 is 2.38 bits per heavy atom. The number of carboxylic acids is 1. The molecule has 0 bridgehead atoms. The van der Waals surface area contributed by atoms with Crippen molar-refractivity contribution in [2.24, 2.45) is 10.7 Å². The van der Waals surface area contributed by atoms with Crippen LogP contribution >= 0.6 is 0 Å². The Balaban J connectivity index is 2.32. The van der Waals surface area contributed by atoms with Crippen molar-refractivity contribution in [3.63, 3.8) is 0 Å². The molecule has 2 rings (SSSR count). The van der Waals surface area contributed by atoms with E-state index in [1.165, 1.54) is 13.8 Å². The average Bonchev–Trinajstić information content (AvgIpc) is 2.77. The Morgan fingerprint density at radius 1 is 1.23 bits per heavy atom. The van der Waals surface area contributed by atoms with Crippen molar-refractivity contribution in [3.05, 3.63) is 52.8 Å². The van der Waals surface area contributed by atoms with Crippen LogP contribution in [0.15, 0.2) is 35.3 Å². The predicted octanol–water partition coefficient (Wildman–Crippen LogP) is 3.29. The fourth-order valence-corrected chi connectivity index (χ4v) is 2.64. The second-order valence-corrected chi connectivity index (χ2v) is 5.74. The maximum atomic E-state index is 12.8. The number of nitrogens with zero attached hydrogens (tertiary/aromatic N) is 2. The fraction of sp³-hybridized carbons (Fsp3) is 0.294. The highest BCUT2D eigenvalue weighted by Crippen LogP contribution is 2.30. The monoisotopic (exact) mass is 368 g/mol. The zero-order chi connectivity index (χ0) is 19.5. The van der Waals surface area contributed by atoms with Crippen molar-refractivity contribution in [1.29, 1.82) is 0 Å². The van der Waals surface area contributed by atoms with Crippen LogP contribution in [0.2, 0.25) is 0 Å². The number of aromatic nitrogens is 1. The lowest BCUT2D eigenvalue weighted by molar-refractivity contribution is -0.141. The highest BCUT2D eigenvalue weighted by molar-refractivity contribution is 6.03. The first-order valence-corrected chi connectivity index (χ1v) is 7.70. The van der Waals surface area contributed by atoms with Gasteiger partial charge in [0, 0.05) is 11.4 Å². The lowest BCUT2D eigenvalue weighted by atomic mass is 10.2. The molecule has 0 radical (unpaired) electrons. The number of rotatable bonds is 5. The molecule has 0 aliphatic rings. The summed E-state index contributed by atoms with van der Waals surface area (Å²) in [4.78, 5) is 15.6. The van der Waals surface area contributed by atoms with Crippen LogP contribution in [-0.4, -0.2) is 27.8 Å². The summed E-state index contributed by atoms with van der Waals surface area (Å²) in [5.41, 5.74) is 6.54. The van der Waals surface area contributed by atoms with E-state index >= 15 is 0 Å². The first kappa shape index (κ1) is 19.4. The Kier molecular flexibility index (Phi) is 5.59. The molecule has 0 spiro atoms. The number of hydrogen-bond acceptors (Lipinski definition) is 2. The predicted molar refractivity (Wildman–Crippen MR) is 92.3 cm³/mol. The molecule has 0 amide bonds. The van der Waals surface area contributed by atoms with Crippen molar-refractivity contribution < 1.29 is 23.1 Å². The van der Waals surface area contributed by atoms with E-state index in [2.05, 4.69) is 10.3 Å². The van der Waals surface area contributed by atoms with Gasteiger partial charge in [0.25, 0.3) is 0 Å². The van der Waals surface area contributed by atoms with E-state index in [1.807, 2.05) is 30.3 Å². The van der Waals surface area contributed by atoms with Crippen LogP contribution < -0.4 is 11.1 Å². The standard InChI is InChI=1S/C17H19F3N4O2/c1-10-13(15(25)26)14(11(2)24(10)9-17(18,19)20)23-16(21)22-8-12-6-4-3-5-7-12/h3-7H,8-9H2,1-2H3,(H,25,26)(H3,21,22,23). The van der Waals surface area contributed by atoms with E-state index in [1.54, 1.807) is 0 Å². The van der Waals surface area contributed by atoms with Crippen LogP contribution in [0.5, 0.6) is 0 Å². The summed E-state index contributed by atoms with van der Waals surface area (Å²) in [5, 5.41) is 12.0. The number of nitrogens with one attached hydrogen (secondary N) is 1. The first-order valence-electron chi connectivity index (χ1n) is 7.70. The molecule has 26 heavy (non-hydrogen) atoms.